The predicted octanol–water partition coefficient (Wildman–Crippen LogP) is 2.67. The van der Waals surface area contributed by atoms with Crippen LogP contribution in [0.2, 0.25) is 0 Å². The van der Waals surface area contributed by atoms with Crippen molar-refractivity contribution in [2.75, 3.05) is 6.61 Å². The van der Waals surface area contributed by atoms with Crippen molar-refractivity contribution in [3.05, 3.63) is 27.1 Å². The van der Waals surface area contributed by atoms with Gasteiger partial charge in [-0.3, -0.25) is 19.2 Å². The summed E-state index contributed by atoms with van der Waals surface area (Å²) in [6.45, 7) is 4.31. The van der Waals surface area contributed by atoms with E-state index in [0.29, 0.717) is 10.2 Å². The van der Waals surface area contributed by atoms with Gasteiger partial charge in [0.1, 0.15) is 18.5 Å². The molecule has 5 unspecified atom stereocenters. The van der Waals surface area contributed by atoms with Gasteiger partial charge in [0.2, 0.25) is 12.4 Å². The summed E-state index contributed by atoms with van der Waals surface area (Å²) in [6.07, 6.45) is -6.22. The Kier molecular flexibility index (Phi) is 9.47. The van der Waals surface area contributed by atoms with Gasteiger partial charge in [-0.15, -0.1) is 0 Å². The van der Waals surface area contributed by atoms with E-state index in [-0.39, 0.29) is 6.61 Å². The Bertz CT molecular complexity index is 874. The third kappa shape index (κ3) is 7.45. The second-order valence-corrected chi connectivity index (χ2v) is 8.53. The second-order valence-electron chi connectivity index (χ2n) is 6.76. The van der Waals surface area contributed by atoms with E-state index in [2.05, 4.69) is 31.9 Å². The summed E-state index contributed by atoms with van der Waals surface area (Å²) in [4.78, 5) is 46.7. The number of hydrogen-bond acceptors (Lipinski definition) is 10. The van der Waals surface area contributed by atoms with Gasteiger partial charge in [-0.25, -0.2) is 0 Å². The Morgan fingerprint density at radius 1 is 0.844 bits per heavy atom. The predicted molar refractivity (Wildman–Crippen MR) is 114 cm³/mol. The fraction of sp³-hybridized carbons (Fsp3) is 0.500. The smallest absolute Gasteiger partial charge is 0.303 e. The largest absolute Gasteiger partial charge is 0.463 e. The van der Waals surface area contributed by atoms with Crippen LogP contribution >= 0.6 is 31.9 Å². The van der Waals surface area contributed by atoms with Crippen LogP contribution in [0.1, 0.15) is 27.7 Å². The molecule has 176 valence electrons. The van der Waals surface area contributed by atoms with E-state index < -0.39 is 54.6 Å². The number of carbonyl (C=O) groups excluding carboxylic acids is 4. The zero-order chi connectivity index (χ0) is 24.0. The van der Waals surface area contributed by atoms with Crippen molar-refractivity contribution in [1.29, 1.82) is 0 Å². The Labute approximate surface area is 201 Å². The third-order valence-electron chi connectivity index (χ3n) is 4.09. The van der Waals surface area contributed by atoms with Crippen molar-refractivity contribution in [2.45, 2.75) is 58.4 Å². The number of benzene rings is 1. The lowest BCUT2D eigenvalue weighted by molar-refractivity contribution is -0.288. The quantitative estimate of drug-likeness (QED) is 0.350. The van der Waals surface area contributed by atoms with Crippen LogP contribution in [-0.4, -0.2) is 61.2 Å². The maximum absolute atomic E-state index is 11.8. The molecular formula is C20H22Br2O10. The molecule has 32 heavy (non-hydrogen) atoms. The molecule has 5 atom stereocenters. The van der Waals surface area contributed by atoms with Crippen molar-refractivity contribution >= 4 is 55.7 Å². The van der Waals surface area contributed by atoms with Crippen LogP contribution in [0, 0.1) is 0 Å². The molecule has 1 aromatic carbocycles. The first-order chi connectivity index (χ1) is 15.0. The molecule has 1 heterocycles. The van der Waals surface area contributed by atoms with Gasteiger partial charge in [0.25, 0.3) is 0 Å². The molecule has 1 fully saturated rings. The lowest BCUT2D eigenvalue weighted by Gasteiger charge is -2.44. The number of hydrogen-bond donors (Lipinski definition) is 0. The number of carbonyl (C=O) groups is 4. The van der Waals surface area contributed by atoms with Gasteiger partial charge in [0, 0.05) is 32.2 Å². The first kappa shape index (κ1) is 26.1. The van der Waals surface area contributed by atoms with Gasteiger partial charge in [0.05, 0.1) is 4.47 Å². The molecule has 2 rings (SSSR count). The van der Waals surface area contributed by atoms with Crippen LogP contribution in [0.5, 0.6) is 5.75 Å². The van der Waals surface area contributed by atoms with E-state index in [1.165, 1.54) is 6.92 Å². The van der Waals surface area contributed by atoms with Crippen molar-refractivity contribution in [2.24, 2.45) is 0 Å². The summed E-state index contributed by atoms with van der Waals surface area (Å²) in [5.41, 5.74) is 0. The number of halogens is 2. The highest BCUT2D eigenvalue weighted by atomic mass is 79.9. The van der Waals surface area contributed by atoms with E-state index in [0.717, 1.165) is 25.2 Å². The molecule has 1 aliphatic heterocycles. The van der Waals surface area contributed by atoms with Crippen molar-refractivity contribution in [3.63, 3.8) is 0 Å². The van der Waals surface area contributed by atoms with Gasteiger partial charge in [-0.1, -0.05) is 15.9 Å². The summed E-state index contributed by atoms with van der Waals surface area (Å²) >= 11 is 6.70. The Morgan fingerprint density at radius 2 is 1.41 bits per heavy atom. The summed E-state index contributed by atoms with van der Waals surface area (Å²) in [6, 6.07) is 5.06. The number of rotatable bonds is 7. The molecule has 1 saturated heterocycles. The van der Waals surface area contributed by atoms with Crippen LogP contribution in [0.25, 0.3) is 0 Å². The van der Waals surface area contributed by atoms with Crippen LogP contribution in [-0.2, 0) is 42.9 Å². The topological polar surface area (TPSA) is 124 Å². The minimum absolute atomic E-state index is 0.328. The van der Waals surface area contributed by atoms with Gasteiger partial charge in [-0.05, 0) is 34.1 Å². The fourth-order valence-corrected chi connectivity index (χ4v) is 4.12. The minimum atomic E-state index is -1.30. The highest BCUT2D eigenvalue weighted by molar-refractivity contribution is 9.11. The first-order valence-corrected chi connectivity index (χ1v) is 11.0. The maximum Gasteiger partial charge on any atom is 0.303 e. The van der Waals surface area contributed by atoms with Crippen LogP contribution in [0.4, 0.5) is 0 Å². The standard InChI is InChI=1S/C20H22Br2O10/c1-9(23)27-8-16-17(28-10(2)24)18(29-11(3)25)19(30-12(4)26)20(32-16)31-15-6-5-13(21)7-14(15)22/h5-7,16-20H,8H2,1-4H3. The lowest BCUT2D eigenvalue weighted by Crippen LogP contribution is -2.63. The molecule has 12 heteroatoms. The van der Waals surface area contributed by atoms with Gasteiger partial charge < -0.3 is 28.4 Å². The molecule has 0 N–H and O–H groups in total. The maximum atomic E-state index is 11.8. The summed E-state index contributed by atoms with van der Waals surface area (Å²) in [7, 11) is 0. The minimum Gasteiger partial charge on any atom is -0.463 e. The monoisotopic (exact) mass is 580 g/mol. The molecule has 0 bridgehead atoms. The van der Waals surface area contributed by atoms with E-state index >= 15 is 0 Å². The number of esters is 4. The van der Waals surface area contributed by atoms with Crippen molar-refractivity contribution in [1.82, 2.24) is 0 Å². The Hall–Kier alpha value is -2.18. The average molecular weight is 582 g/mol. The molecule has 10 nitrogen and oxygen atoms in total. The van der Waals surface area contributed by atoms with Crippen molar-refractivity contribution in [3.8, 4) is 5.75 Å². The molecule has 0 radical (unpaired) electrons. The van der Waals surface area contributed by atoms with E-state index in [4.69, 9.17) is 28.4 Å². The molecule has 0 aromatic heterocycles. The molecule has 1 aliphatic rings. The van der Waals surface area contributed by atoms with E-state index in [1.54, 1.807) is 18.2 Å². The average Bonchev–Trinajstić information content (AvgIpc) is 2.65. The Morgan fingerprint density at radius 3 is 1.94 bits per heavy atom. The highest BCUT2D eigenvalue weighted by Crippen LogP contribution is 2.34. The van der Waals surface area contributed by atoms with E-state index in [1.807, 2.05) is 0 Å². The molecule has 0 amide bonds. The zero-order valence-corrected chi connectivity index (χ0v) is 20.8. The Balaban J connectivity index is 2.47. The van der Waals surface area contributed by atoms with Gasteiger partial charge >= 0.3 is 23.9 Å². The lowest BCUT2D eigenvalue weighted by atomic mass is 9.98. The normalized spacial score (nSPS) is 24.8. The van der Waals surface area contributed by atoms with Crippen LogP contribution < -0.4 is 4.74 Å². The van der Waals surface area contributed by atoms with Crippen molar-refractivity contribution < 1.29 is 47.6 Å². The molecule has 0 spiro atoms. The SMILES string of the molecule is CC(=O)OCC1OC(Oc2ccc(Br)cc2Br)C(OC(C)=O)C(OC(C)=O)C1OC(C)=O. The van der Waals surface area contributed by atoms with Crippen LogP contribution in [0.15, 0.2) is 27.1 Å². The summed E-state index contributed by atoms with van der Waals surface area (Å²) < 4.78 is 34.2. The fourth-order valence-electron chi connectivity index (χ4n) is 2.98. The molecule has 1 aromatic rings. The summed E-state index contributed by atoms with van der Waals surface area (Å²) in [5.74, 6) is -2.41. The zero-order valence-electron chi connectivity index (χ0n) is 17.7. The molecule has 0 aliphatic carbocycles. The second kappa shape index (κ2) is 11.6. The van der Waals surface area contributed by atoms with Crippen LogP contribution in [0.3, 0.4) is 0 Å². The first-order valence-electron chi connectivity index (χ1n) is 9.40. The highest BCUT2D eigenvalue weighted by Gasteiger charge is 2.53. The molecule has 0 saturated carbocycles. The van der Waals surface area contributed by atoms with E-state index in [9.17, 15) is 19.2 Å². The van der Waals surface area contributed by atoms with Gasteiger partial charge in [0.15, 0.2) is 12.2 Å². The van der Waals surface area contributed by atoms with Gasteiger partial charge in [-0.2, -0.15) is 0 Å². The molecular weight excluding hydrogens is 560 g/mol. The number of ether oxygens (including phenoxy) is 6. The summed E-state index contributed by atoms with van der Waals surface area (Å²) in [5, 5.41) is 0. The third-order valence-corrected chi connectivity index (χ3v) is 5.20.